The Bertz CT molecular complexity index is 325. The van der Waals surface area contributed by atoms with Crippen molar-refractivity contribution in [1.82, 2.24) is 10.3 Å². The van der Waals surface area contributed by atoms with Crippen LogP contribution in [0.3, 0.4) is 0 Å². The Kier molecular flexibility index (Phi) is 6.86. The largest absolute Gasteiger partial charge is 0.313 e. The van der Waals surface area contributed by atoms with Gasteiger partial charge in [-0.05, 0) is 24.9 Å². The fourth-order valence-corrected chi connectivity index (χ4v) is 2.57. The summed E-state index contributed by atoms with van der Waals surface area (Å²) in [6.45, 7) is 1.93. The minimum atomic E-state index is 0. The number of rotatable bonds is 5. The van der Waals surface area contributed by atoms with E-state index in [0.717, 1.165) is 24.6 Å². The normalized spacial score (nSPS) is 15.8. The molecule has 1 heterocycles. The van der Waals surface area contributed by atoms with Gasteiger partial charge in [-0.15, -0.1) is 12.4 Å². The van der Waals surface area contributed by atoms with Gasteiger partial charge < -0.3 is 5.32 Å². The van der Waals surface area contributed by atoms with E-state index in [2.05, 4.69) is 10.3 Å². The van der Waals surface area contributed by atoms with Crippen LogP contribution in [0, 0.1) is 5.92 Å². The molecule has 1 saturated carbocycles. The molecule has 0 aromatic carbocycles. The molecule has 0 atom stereocenters. The molecular weight excluding hydrogens is 255 g/mol. The highest BCUT2D eigenvalue weighted by atomic mass is 35.5. The molecule has 0 spiro atoms. The monoisotopic (exact) mass is 274 g/mol. The summed E-state index contributed by atoms with van der Waals surface area (Å²) in [7, 11) is 0. The number of hydrogen-bond donors (Lipinski definition) is 1. The van der Waals surface area contributed by atoms with E-state index in [0.29, 0.717) is 5.15 Å². The highest BCUT2D eigenvalue weighted by Gasteiger charge is 2.13. The highest BCUT2D eigenvalue weighted by Crippen LogP contribution is 2.26. The van der Waals surface area contributed by atoms with E-state index in [4.69, 9.17) is 11.6 Å². The van der Waals surface area contributed by atoms with E-state index >= 15 is 0 Å². The molecule has 4 heteroatoms. The minimum Gasteiger partial charge on any atom is -0.313 e. The van der Waals surface area contributed by atoms with Crippen molar-refractivity contribution in [3.63, 3.8) is 0 Å². The van der Waals surface area contributed by atoms with Gasteiger partial charge in [-0.2, -0.15) is 0 Å². The smallest absolute Gasteiger partial charge is 0.133 e. The van der Waals surface area contributed by atoms with E-state index in [1.807, 2.05) is 12.1 Å². The zero-order valence-electron chi connectivity index (χ0n) is 9.99. The number of aromatic nitrogens is 1. The SMILES string of the molecule is Cl.Clc1ncccc1CNCCC1CCCC1. The average Bonchev–Trinajstić information content (AvgIpc) is 2.79. The van der Waals surface area contributed by atoms with Crippen molar-refractivity contribution >= 4 is 24.0 Å². The van der Waals surface area contributed by atoms with E-state index in [9.17, 15) is 0 Å². The molecule has 0 aliphatic heterocycles. The predicted molar refractivity (Wildman–Crippen MR) is 74.8 cm³/mol. The van der Waals surface area contributed by atoms with Crippen molar-refractivity contribution in [2.24, 2.45) is 5.92 Å². The maximum atomic E-state index is 5.98. The van der Waals surface area contributed by atoms with Crippen LogP contribution < -0.4 is 5.32 Å². The second kappa shape index (κ2) is 7.91. The van der Waals surface area contributed by atoms with Crippen molar-refractivity contribution in [2.45, 2.75) is 38.6 Å². The molecule has 1 fully saturated rings. The van der Waals surface area contributed by atoms with Crippen LogP contribution in [0.25, 0.3) is 0 Å². The van der Waals surface area contributed by atoms with Crippen LogP contribution in [-0.2, 0) is 6.54 Å². The molecule has 0 amide bonds. The van der Waals surface area contributed by atoms with Crippen LogP contribution in [0.15, 0.2) is 18.3 Å². The molecule has 0 radical (unpaired) electrons. The minimum absolute atomic E-state index is 0. The maximum absolute atomic E-state index is 5.98. The summed E-state index contributed by atoms with van der Waals surface area (Å²) in [5.74, 6) is 0.955. The van der Waals surface area contributed by atoms with Crippen molar-refractivity contribution in [3.05, 3.63) is 29.0 Å². The third kappa shape index (κ3) is 4.82. The molecular formula is C13H20Cl2N2. The number of pyridine rings is 1. The van der Waals surface area contributed by atoms with Crippen LogP contribution in [-0.4, -0.2) is 11.5 Å². The highest BCUT2D eigenvalue weighted by molar-refractivity contribution is 6.30. The van der Waals surface area contributed by atoms with Crippen molar-refractivity contribution in [2.75, 3.05) is 6.54 Å². The van der Waals surface area contributed by atoms with Gasteiger partial charge in [-0.1, -0.05) is 43.4 Å². The molecule has 1 aromatic rings. The standard InChI is InChI=1S/C13H19ClN2.ClH/c14-13-12(6-3-8-16-13)10-15-9-7-11-4-1-2-5-11;/h3,6,8,11,15H,1-2,4-5,7,9-10H2;1H. The average molecular weight is 275 g/mol. The van der Waals surface area contributed by atoms with Crippen LogP contribution in [0.5, 0.6) is 0 Å². The van der Waals surface area contributed by atoms with Crippen LogP contribution in [0.4, 0.5) is 0 Å². The Morgan fingerprint density at radius 2 is 2.12 bits per heavy atom. The van der Waals surface area contributed by atoms with Gasteiger partial charge in [0, 0.05) is 18.3 Å². The van der Waals surface area contributed by atoms with Gasteiger partial charge in [0.1, 0.15) is 5.15 Å². The van der Waals surface area contributed by atoms with Gasteiger partial charge >= 0.3 is 0 Å². The first-order chi connectivity index (χ1) is 7.86. The number of nitrogens with zero attached hydrogens (tertiary/aromatic N) is 1. The van der Waals surface area contributed by atoms with Gasteiger partial charge in [-0.3, -0.25) is 0 Å². The molecule has 1 N–H and O–H groups in total. The Labute approximate surface area is 115 Å². The topological polar surface area (TPSA) is 24.9 Å². The maximum Gasteiger partial charge on any atom is 0.133 e. The summed E-state index contributed by atoms with van der Waals surface area (Å²) < 4.78 is 0. The Balaban J connectivity index is 0.00000144. The quantitative estimate of drug-likeness (QED) is 0.652. The lowest BCUT2D eigenvalue weighted by Gasteiger charge is -2.10. The molecule has 2 rings (SSSR count). The molecule has 0 saturated heterocycles. The Morgan fingerprint density at radius 3 is 2.82 bits per heavy atom. The van der Waals surface area contributed by atoms with Gasteiger partial charge in [0.2, 0.25) is 0 Å². The number of hydrogen-bond acceptors (Lipinski definition) is 2. The van der Waals surface area contributed by atoms with Gasteiger partial charge in [0.25, 0.3) is 0 Å². The van der Waals surface area contributed by atoms with Crippen molar-refractivity contribution in [1.29, 1.82) is 0 Å². The van der Waals surface area contributed by atoms with Gasteiger partial charge in [0.15, 0.2) is 0 Å². The summed E-state index contributed by atoms with van der Waals surface area (Å²) >= 11 is 5.98. The summed E-state index contributed by atoms with van der Waals surface area (Å²) in [5, 5.41) is 4.07. The fourth-order valence-electron chi connectivity index (χ4n) is 2.38. The van der Waals surface area contributed by atoms with Crippen LogP contribution in [0.2, 0.25) is 5.15 Å². The molecule has 2 nitrogen and oxygen atoms in total. The number of halogens is 2. The molecule has 0 bridgehead atoms. The van der Waals surface area contributed by atoms with E-state index in [1.165, 1.54) is 32.1 Å². The summed E-state index contributed by atoms with van der Waals surface area (Å²) in [5.41, 5.74) is 1.09. The molecule has 0 unspecified atom stereocenters. The molecule has 1 aromatic heterocycles. The Hall–Kier alpha value is -0.310. The summed E-state index contributed by atoms with van der Waals surface area (Å²) in [4.78, 5) is 4.06. The fraction of sp³-hybridized carbons (Fsp3) is 0.615. The third-order valence-corrected chi connectivity index (χ3v) is 3.70. The molecule has 17 heavy (non-hydrogen) atoms. The first kappa shape index (κ1) is 14.7. The lowest BCUT2D eigenvalue weighted by molar-refractivity contribution is 0.477. The lowest BCUT2D eigenvalue weighted by atomic mass is 10.0. The van der Waals surface area contributed by atoms with E-state index < -0.39 is 0 Å². The molecule has 1 aliphatic carbocycles. The zero-order valence-corrected chi connectivity index (χ0v) is 11.6. The lowest BCUT2D eigenvalue weighted by Crippen LogP contribution is -2.17. The van der Waals surface area contributed by atoms with Crippen molar-refractivity contribution < 1.29 is 0 Å². The summed E-state index contributed by atoms with van der Waals surface area (Å²) in [6, 6.07) is 3.96. The second-order valence-corrected chi connectivity index (χ2v) is 4.93. The molecule has 96 valence electrons. The summed E-state index contributed by atoms with van der Waals surface area (Å²) in [6.07, 6.45) is 8.74. The van der Waals surface area contributed by atoms with Crippen LogP contribution in [0.1, 0.15) is 37.7 Å². The zero-order chi connectivity index (χ0) is 11.2. The molecule has 1 aliphatic rings. The van der Waals surface area contributed by atoms with Gasteiger partial charge in [-0.25, -0.2) is 4.98 Å². The second-order valence-electron chi connectivity index (χ2n) is 4.57. The van der Waals surface area contributed by atoms with Crippen molar-refractivity contribution in [3.8, 4) is 0 Å². The predicted octanol–water partition coefficient (Wildman–Crippen LogP) is 3.83. The van der Waals surface area contributed by atoms with Crippen LogP contribution >= 0.6 is 24.0 Å². The van der Waals surface area contributed by atoms with E-state index in [-0.39, 0.29) is 12.4 Å². The number of nitrogens with one attached hydrogen (secondary N) is 1. The van der Waals surface area contributed by atoms with Gasteiger partial charge in [0.05, 0.1) is 0 Å². The third-order valence-electron chi connectivity index (χ3n) is 3.36. The Morgan fingerprint density at radius 1 is 1.35 bits per heavy atom. The van der Waals surface area contributed by atoms with E-state index in [1.54, 1.807) is 6.20 Å². The first-order valence-corrected chi connectivity index (χ1v) is 6.54. The first-order valence-electron chi connectivity index (χ1n) is 6.16.